The van der Waals surface area contributed by atoms with E-state index in [1.54, 1.807) is 0 Å². The lowest BCUT2D eigenvalue weighted by atomic mass is 10.2. The largest absolute Gasteiger partial charge is 0.444 e. The molecule has 5 heteroatoms. The molecule has 0 saturated heterocycles. The molecule has 136 valence electrons. The van der Waals surface area contributed by atoms with Crippen molar-refractivity contribution in [1.29, 1.82) is 0 Å². The van der Waals surface area contributed by atoms with E-state index in [1.165, 1.54) is 0 Å². The van der Waals surface area contributed by atoms with Crippen LogP contribution in [0.15, 0.2) is 54.6 Å². The summed E-state index contributed by atoms with van der Waals surface area (Å²) >= 11 is 0. The van der Waals surface area contributed by atoms with Gasteiger partial charge in [0.1, 0.15) is 11.4 Å². The second-order valence-corrected chi connectivity index (χ2v) is 7.24. The fourth-order valence-corrected chi connectivity index (χ4v) is 2.93. The van der Waals surface area contributed by atoms with Gasteiger partial charge in [0.2, 0.25) is 0 Å². The molecule has 0 fully saturated rings. The maximum atomic E-state index is 12.3. The summed E-state index contributed by atoms with van der Waals surface area (Å²) < 4.78 is 7.52. The number of hydrogen-bond donors (Lipinski definition) is 1. The van der Waals surface area contributed by atoms with E-state index in [1.807, 2.05) is 82.3 Å². The van der Waals surface area contributed by atoms with E-state index >= 15 is 0 Å². The number of imidazole rings is 1. The van der Waals surface area contributed by atoms with Gasteiger partial charge < -0.3 is 10.1 Å². The third-order valence-corrected chi connectivity index (χ3v) is 4.01. The molecule has 0 aliphatic rings. The summed E-state index contributed by atoms with van der Waals surface area (Å²) in [5.41, 5.74) is 2.39. The lowest BCUT2D eigenvalue weighted by molar-refractivity contribution is 0.0499. The Hall–Kier alpha value is -2.82. The summed E-state index contributed by atoms with van der Waals surface area (Å²) in [5, 5.41) is 2.97. The van der Waals surface area contributed by atoms with Crippen molar-refractivity contribution >= 4 is 17.1 Å². The molecule has 2 aromatic carbocycles. The second-order valence-electron chi connectivity index (χ2n) is 7.24. The molecule has 1 N–H and O–H groups in total. The fourth-order valence-electron chi connectivity index (χ4n) is 2.93. The number of amides is 1. The molecule has 0 aliphatic heterocycles. The van der Waals surface area contributed by atoms with Crippen LogP contribution < -0.4 is 5.32 Å². The Bertz CT molecular complexity index is 895. The lowest BCUT2D eigenvalue weighted by Gasteiger charge is -2.23. The van der Waals surface area contributed by atoms with Gasteiger partial charge in [-0.1, -0.05) is 37.3 Å². The average Bonchev–Trinajstić information content (AvgIpc) is 2.98. The Morgan fingerprint density at radius 1 is 1.12 bits per heavy atom. The highest BCUT2D eigenvalue weighted by molar-refractivity contribution is 5.78. The molecule has 0 unspecified atom stereocenters. The van der Waals surface area contributed by atoms with Gasteiger partial charge in [0.25, 0.3) is 0 Å². The van der Waals surface area contributed by atoms with Gasteiger partial charge in [0, 0.05) is 5.69 Å². The number of ether oxygens (including phenoxy) is 1. The van der Waals surface area contributed by atoms with E-state index in [9.17, 15) is 4.79 Å². The molecule has 5 nitrogen and oxygen atoms in total. The van der Waals surface area contributed by atoms with E-state index in [4.69, 9.17) is 9.72 Å². The monoisotopic (exact) mass is 351 g/mol. The van der Waals surface area contributed by atoms with Crippen LogP contribution in [-0.4, -0.2) is 21.2 Å². The molecule has 3 aromatic rings. The van der Waals surface area contributed by atoms with Gasteiger partial charge in [0.15, 0.2) is 0 Å². The third kappa shape index (κ3) is 3.87. The van der Waals surface area contributed by atoms with Crippen molar-refractivity contribution in [2.24, 2.45) is 0 Å². The average molecular weight is 351 g/mol. The van der Waals surface area contributed by atoms with Crippen molar-refractivity contribution in [2.45, 2.75) is 45.8 Å². The van der Waals surface area contributed by atoms with Crippen molar-refractivity contribution < 1.29 is 9.53 Å². The molecule has 3 rings (SSSR count). The number of nitrogens with one attached hydrogen (secondary N) is 1. The predicted molar refractivity (Wildman–Crippen MR) is 103 cm³/mol. The Morgan fingerprint density at radius 2 is 1.77 bits per heavy atom. The molecule has 26 heavy (non-hydrogen) atoms. The first kappa shape index (κ1) is 18.0. The van der Waals surface area contributed by atoms with Crippen molar-refractivity contribution in [3.8, 4) is 5.69 Å². The summed E-state index contributed by atoms with van der Waals surface area (Å²) in [6, 6.07) is 17.8. The Labute approximate surface area is 154 Å². The van der Waals surface area contributed by atoms with Crippen LogP contribution in [-0.2, 0) is 4.74 Å². The number of fused-ring (bicyclic) bond motifs is 1. The molecule has 0 aliphatic carbocycles. The number of para-hydroxylation sites is 3. The number of carbonyl (C=O) groups is 1. The smallest absolute Gasteiger partial charge is 0.408 e. The van der Waals surface area contributed by atoms with E-state index in [-0.39, 0.29) is 6.04 Å². The normalized spacial score (nSPS) is 12.8. The molecular formula is C21H25N3O2. The minimum Gasteiger partial charge on any atom is -0.444 e. The lowest BCUT2D eigenvalue weighted by Crippen LogP contribution is -2.35. The molecule has 0 spiro atoms. The Balaban J connectivity index is 2.04. The first-order valence-electron chi connectivity index (χ1n) is 8.91. The maximum Gasteiger partial charge on any atom is 0.408 e. The molecule has 1 atom stereocenters. The highest BCUT2D eigenvalue weighted by atomic mass is 16.6. The highest BCUT2D eigenvalue weighted by Crippen LogP contribution is 2.27. The van der Waals surface area contributed by atoms with Gasteiger partial charge in [-0.2, -0.15) is 0 Å². The zero-order valence-electron chi connectivity index (χ0n) is 15.7. The van der Waals surface area contributed by atoms with Crippen LogP contribution in [0.4, 0.5) is 4.79 Å². The topological polar surface area (TPSA) is 56.1 Å². The quantitative estimate of drug-likeness (QED) is 0.719. The Morgan fingerprint density at radius 3 is 2.42 bits per heavy atom. The van der Waals surface area contributed by atoms with Crippen LogP contribution in [0.1, 0.15) is 46.0 Å². The minimum absolute atomic E-state index is 0.252. The maximum absolute atomic E-state index is 12.3. The predicted octanol–water partition coefficient (Wildman–Crippen LogP) is 5.00. The summed E-state index contributed by atoms with van der Waals surface area (Å²) in [5.74, 6) is 0.797. The molecule has 1 aromatic heterocycles. The number of carbonyl (C=O) groups excluding carboxylic acids is 1. The van der Waals surface area contributed by atoms with E-state index < -0.39 is 11.7 Å². The number of benzene rings is 2. The molecular weight excluding hydrogens is 326 g/mol. The number of aromatic nitrogens is 2. The SMILES string of the molecule is CC[C@H](NC(=O)OC(C)(C)C)c1nc2ccccc2n1-c1ccccc1. The standard InChI is InChI=1S/C21H25N3O2/c1-5-16(23-20(25)26-21(2,3)4)19-22-17-13-9-10-14-18(17)24(19)15-11-7-6-8-12-15/h6-14,16H,5H2,1-4H3,(H,23,25)/t16-/m0/s1. The molecule has 1 amide bonds. The molecule has 0 radical (unpaired) electrons. The number of hydrogen-bond acceptors (Lipinski definition) is 3. The van der Waals surface area contributed by atoms with Crippen molar-refractivity contribution in [2.75, 3.05) is 0 Å². The van der Waals surface area contributed by atoms with Crippen LogP contribution >= 0.6 is 0 Å². The van der Waals surface area contributed by atoms with Crippen molar-refractivity contribution in [3.63, 3.8) is 0 Å². The van der Waals surface area contributed by atoms with Crippen LogP contribution in [0.5, 0.6) is 0 Å². The third-order valence-electron chi connectivity index (χ3n) is 4.01. The zero-order chi connectivity index (χ0) is 18.7. The van der Waals surface area contributed by atoms with E-state index in [2.05, 4.69) is 9.88 Å². The summed E-state index contributed by atoms with van der Waals surface area (Å²) in [7, 11) is 0. The summed E-state index contributed by atoms with van der Waals surface area (Å²) in [6.07, 6.45) is 0.270. The molecule has 0 saturated carbocycles. The van der Waals surface area contributed by atoms with Gasteiger partial charge in [-0.3, -0.25) is 4.57 Å². The number of rotatable bonds is 4. The van der Waals surface area contributed by atoms with Gasteiger partial charge >= 0.3 is 6.09 Å². The summed E-state index contributed by atoms with van der Waals surface area (Å²) in [6.45, 7) is 7.59. The minimum atomic E-state index is -0.540. The number of nitrogens with zero attached hydrogens (tertiary/aromatic N) is 2. The fraction of sp³-hybridized carbons (Fsp3) is 0.333. The van der Waals surface area contributed by atoms with Crippen molar-refractivity contribution in [3.05, 3.63) is 60.4 Å². The summed E-state index contributed by atoms with van der Waals surface area (Å²) in [4.78, 5) is 17.1. The van der Waals surface area contributed by atoms with Crippen LogP contribution in [0.2, 0.25) is 0 Å². The van der Waals surface area contributed by atoms with Gasteiger partial charge in [0.05, 0.1) is 17.1 Å². The zero-order valence-corrected chi connectivity index (χ0v) is 15.7. The van der Waals surface area contributed by atoms with Gasteiger partial charge in [-0.05, 0) is 51.5 Å². The van der Waals surface area contributed by atoms with E-state index in [0.29, 0.717) is 6.42 Å². The van der Waals surface area contributed by atoms with Crippen LogP contribution in [0.3, 0.4) is 0 Å². The first-order chi connectivity index (χ1) is 12.4. The van der Waals surface area contributed by atoms with Crippen LogP contribution in [0.25, 0.3) is 16.7 Å². The van der Waals surface area contributed by atoms with Crippen LogP contribution in [0, 0.1) is 0 Å². The molecule has 1 heterocycles. The van der Waals surface area contributed by atoms with Crippen molar-refractivity contribution in [1.82, 2.24) is 14.9 Å². The van der Waals surface area contributed by atoms with Gasteiger partial charge in [-0.25, -0.2) is 9.78 Å². The number of alkyl carbamates (subject to hydrolysis) is 1. The Kier molecular flexibility index (Phi) is 4.98. The second kappa shape index (κ2) is 7.20. The first-order valence-corrected chi connectivity index (χ1v) is 8.91. The van der Waals surface area contributed by atoms with E-state index in [0.717, 1.165) is 22.5 Å². The van der Waals surface area contributed by atoms with Gasteiger partial charge in [-0.15, -0.1) is 0 Å². The highest BCUT2D eigenvalue weighted by Gasteiger charge is 2.24. The molecule has 0 bridgehead atoms.